The quantitative estimate of drug-likeness (QED) is 0.188. The van der Waals surface area contributed by atoms with E-state index in [0.29, 0.717) is 35.3 Å². The molecule has 1 saturated carbocycles. The van der Waals surface area contributed by atoms with Gasteiger partial charge in [0.05, 0.1) is 28.8 Å². The number of aromatic nitrogens is 3. The lowest BCUT2D eigenvalue weighted by molar-refractivity contribution is 0.0697. The molecule has 2 heterocycles. The number of hydrogen-bond donors (Lipinski definition) is 1. The lowest BCUT2D eigenvalue weighted by Gasteiger charge is -2.13. The van der Waals surface area contributed by atoms with Crippen LogP contribution in [0.15, 0.2) is 66.7 Å². The summed E-state index contributed by atoms with van der Waals surface area (Å²) in [6.07, 6.45) is 0.575. The fourth-order valence-electron chi connectivity index (χ4n) is 4.85. The van der Waals surface area contributed by atoms with Crippen molar-refractivity contribution in [2.75, 3.05) is 0 Å². The Kier molecular flexibility index (Phi) is 6.92. The van der Waals surface area contributed by atoms with Crippen molar-refractivity contribution in [3.05, 3.63) is 112 Å². The van der Waals surface area contributed by atoms with E-state index in [1.807, 2.05) is 0 Å². The van der Waals surface area contributed by atoms with E-state index in [1.54, 1.807) is 29.7 Å². The van der Waals surface area contributed by atoms with Gasteiger partial charge in [0.2, 0.25) is 5.88 Å². The summed E-state index contributed by atoms with van der Waals surface area (Å²) in [7, 11) is 0. The number of ether oxygens (including phenoxy) is 1. The van der Waals surface area contributed by atoms with E-state index in [1.165, 1.54) is 36.4 Å². The van der Waals surface area contributed by atoms with Crippen LogP contribution in [0.2, 0.25) is 0 Å². The number of pyridine rings is 1. The minimum absolute atomic E-state index is 0.00257. The van der Waals surface area contributed by atoms with Crippen LogP contribution in [0.3, 0.4) is 0 Å². The second-order valence-corrected chi connectivity index (χ2v) is 10.6. The molecule has 6 nitrogen and oxygen atoms in total. The van der Waals surface area contributed by atoms with Crippen molar-refractivity contribution in [1.29, 1.82) is 0 Å². The number of fused-ring (bicyclic) bond motifs is 1. The number of aryl methyl sites for hydroxylation is 1. The van der Waals surface area contributed by atoms with Gasteiger partial charge >= 0.3 is 5.97 Å². The number of carboxylic acid groups (broad SMARTS) is 1. The summed E-state index contributed by atoms with van der Waals surface area (Å²) in [6.45, 7) is 1.62. The van der Waals surface area contributed by atoms with Crippen LogP contribution in [-0.2, 0) is 19.6 Å². The average Bonchev–Trinajstić information content (AvgIpc) is 3.60. The standard InChI is InChI=1S/C32H25F4N3O3/c1-18-5-6-20(23(33)11-18)16-42-30-4-2-3-26(38-30)22-15-24(34)21(12-25(22)35)14-29-37-27-8-7-19(31(40)41)13-28(27)39(29)17-32(36)9-10-32/h2-8,11-13,15H,9-10,14,16-17H2,1H3,(H,40,41). The number of imidazole rings is 1. The van der Waals surface area contributed by atoms with Crippen LogP contribution < -0.4 is 4.74 Å². The highest BCUT2D eigenvalue weighted by molar-refractivity contribution is 5.92. The Bertz CT molecular complexity index is 1850. The summed E-state index contributed by atoms with van der Waals surface area (Å²) in [4.78, 5) is 20.3. The zero-order valence-corrected chi connectivity index (χ0v) is 22.5. The van der Waals surface area contributed by atoms with Gasteiger partial charge in [0.15, 0.2) is 0 Å². The molecular formula is C32H25F4N3O3. The van der Waals surface area contributed by atoms with Crippen molar-refractivity contribution in [3.63, 3.8) is 0 Å². The third-order valence-electron chi connectivity index (χ3n) is 7.38. The molecule has 1 aliphatic rings. The minimum Gasteiger partial charge on any atom is -0.478 e. The van der Waals surface area contributed by atoms with Crippen LogP contribution in [0, 0.1) is 24.4 Å². The molecule has 214 valence electrons. The molecule has 5 aromatic rings. The van der Waals surface area contributed by atoms with E-state index < -0.39 is 29.1 Å². The van der Waals surface area contributed by atoms with E-state index in [2.05, 4.69) is 9.97 Å². The minimum atomic E-state index is -1.45. The molecule has 0 bridgehead atoms. The zero-order valence-electron chi connectivity index (χ0n) is 22.5. The Labute approximate surface area is 238 Å². The molecule has 0 radical (unpaired) electrons. The van der Waals surface area contributed by atoms with Crippen molar-refractivity contribution in [2.45, 2.75) is 45.0 Å². The highest BCUT2D eigenvalue weighted by Gasteiger charge is 2.44. The number of nitrogens with zero attached hydrogens (tertiary/aromatic N) is 3. The van der Waals surface area contributed by atoms with Crippen molar-refractivity contribution >= 4 is 17.0 Å². The number of carboxylic acids is 1. The summed E-state index contributed by atoms with van der Waals surface area (Å²) in [5.74, 6) is -2.59. The van der Waals surface area contributed by atoms with Gasteiger partial charge in [-0.2, -0.15) is 0 Å². The van der Waals surface area contributed by atoms with Crippen LogP contribution in [-0.4, -0.2) is 31.3 Å². The second kappa shape index (κ2) is 10.6. The Morgan fingerprint density at radius 1 is 0.952 bits per heavy atom. The van der Waals surface area contributed by atoms with Gasteiger partial charge in [-0.3, -0.25) is 0 Å². The number of alkyl halides is 1. The van der Waals surface area contributed by atoms with E-state index in [9.17, 15) is 18.7 Å². The highest BCUT2D eigenvalue weighted by Crippen LogP contribution is 2.42. The Morgan fingerprint density at radius 2 is 1.74 bits per heavy atom. The fraction of sp³-hybridized carbons (Fsp3) is 0.219. The molecule has 10 heteroatoms. The van der Waals surface area contributed by atoms with Crippen LogP contribution in [0.5, 0.6) is 5.88 Å². The van der Waals surface area contributed by atoms with E-state index in [0.717, 1.165) is 17.7 Å². The molecule has 42 heavy (non-hydrogen) atoms. The maximum absolute atomic E-state index is 15.4. The molecule has 0 amide bonds. The Hall–Kier alpha value is -4.73. The molecule has 1 N–H and O–H groups in total. The third kappa shape index (κ3) is 5.57. The lowest BCUT2D eigenvalue weighted by atomic mass is 10.0. The second-order valence-electron chi connectivity index (χ2n) is 10.6. The number of halogens is 4. The molecular weight excluding hydrogens is 550 g/mol. The summed E-state index contributed by atoms with van der Waals surface area (Å²) < 4.78 is 66.9. The number of benzene rings is 3. The Morgan fingerprint density at radius 3 is 2.48 bits per heavy atom. The van der Waals surface area contributed by atoms with Gasteiger partial charge in [-0.05, 0) is 73.4 Å². The predicted molar refractivity (Wildman–Crippen MR) is 148 cm³/mol. The van der Waals surface area contributed by atoms with Gasteiger partial charge in [0, 0.05) is 23.6 Å². The van der Waals surface area contributed by atoms with Gasteiger partial charge in [-0.15, -0.1) is 0 Å². The molecule has 0 aliphatic heterocycles. The first-order valence-corrected chi connectivity index (χ1v) is 13.3. The van der Waals surface area contributed by atoms with Crippen LogP contribution in [0.25, 0.3) is 22.3 Å². The molecule has 1 fully saturated rings. The molecule has 2 aromatic heterocycles. The summed E-state index contributed by atoms with van der Waals surface area (Å²) in [5, 5.41) is 9.41. The summed E-state index contributed by atoms with van der Waals surface area (Å²) in [5.41, 5.74) is 0.557. The average molecular weight is 576 g/mol. The third-order valence-corrected chi connectivity index (χ3v) is 7.38. The monoisotopic (exact) mass is 575 g/mol. The molecule has 1 aliphatic carbocycles. The van der Waals surface area contributed by atoms with Gasteiger partial charge in [0.1, 0.15) is 35.6 Å². The van der Waals surface area contributed by atoms with E-state index in [-0.39, 0.29) is 47.8 Å². The molecule has 0 unspecified atom stereocenters. The smallest absolute Gasteiger partial charge is 0.335 e. The van der Waals surface area contributed by atoms with Gasteiger partial charge in [0.25, 0.3) is 0 Å². The first-order chi connectivity index (χ1) is 20.1. The largest absolute Gasteiger partial charge is 0.478 e. The van der Waals surface area contributed by atoms with Crippen molar-refractivity contribution in [1.82, 2.24) is 14.5 Å². The van der Waals surface area contributed by atoms with Gasteiger partial charge in [-0.25, -0.2) is 32.3 Å². The summed E-state index contributed by atoms with van der Waals surface area (Å²) >= 11 is 0. The Balaban J connectivity index is 1.28. The molecule has 0 spiro atoms. The van der Waals surface area contributed by atoms with Crippen molar-refractivity contribution < 1.29 is 32.2 Å². The molecule has 3 aromatic carbocycles. The number of aromatic carboxylic acids is 1. The lowest BCUT2D eigenvalue weighted by Crippen LogP contribution is -2.15. The SMILES string of the molecule is Cc1ccc(COc2cccc(-c3cc(F)c(Cc4nc5ccc(C(=O)O)cc5n4CC4(F)CC4)cc3F)n2)c(F)c1. The maximum atomic E-state index is 15.4. The fourth-order valence-corrected chi connectivity index (χ4v) is 4.85. The van der Waals surface area contributed by atoms with Crippen LogP contribution >= 0.6 is 0 Å². The highest BCUT2D eigenvalue weighted by atomic mass is 19.1. The molecule has 6 rings (SSSR count). The first kappa shape index (κ1) is 27.4. The predicted octanol–water partition coefficient (Wildman–Crippen LogP) is 7.19. The molecule has 0 saturated heterocycles. The van der Waals surface area contributed by atoms with E-state index in [4.69, 9.17) is 4.74 Å². The number of rotatable bonds is 9. The van der Waals surface area contributed by atoms with Crippen molar-refractivity contribution in [2.24, 2.45) is 0 Å². The van der Waals surface area contributed by atoms with Gasteiger partial charge < -0.3 is 14.4 Å². The molecule has 0 atom stereocenters. The normalized spacial score (nSPS) is 13.8. The van der Waals surface area contributed by atoms with Crippen molar-refractivity contribution in [3.8, 4) is 17.1 Å². The summed E-state index contributed by atoms with van der Waals surface area (Å²) in [6, 6.07) is 15.8. The van der Waals surface area contributed by atoms with Crippen LogP contribution in [0.4, 0.5) is 17.6 Å². The maximum Gasteiger partial charge on any atom is 0.335 e. The van der Waals surface area contributed by atoms with Gasteiger partial charge in [-0.1, -0.05) is 18.2 Å². The number of hydrogen-bond acceptors (Lipinski definition) is 4. The first-order valence-electron chi connectivity index (χ1n) is 13.3. The number of carbonyl (C=O) groups is 1. The van der Waals surface area contributed by atoms with E-state index >= 15 is 8.78 Å². The topological polar surface area (TPSA) is 77.2 Å². The zero-order chi connectivity index (χ0) is 29.6. The van der Waals surface area contributed by atoms with Crippen LogP contribution in [0.1, 0.15) is 45.7 Å².